The minimum Gasteiger partial charge on any atom is -0.507 e. The Bertz CT molecular complexity index is 342. The summed E-state index contributed by atoms with van der Waals surface area (Å²) in [6.07, 6.45) is 0.809. The number of hydrogen-bond acceptors (Lipinski definition) is 2. The average molecular weight is 193 g/mol. The molecule has 0 heterocycles. The van der Waals surface area contributed by atoms with E-state index in [4.69, 9.17) is 5.73 Å². The van der Waals surface area contributed by atoms with E-state index in [-0.39, 0.29) is 0 Å². The number of benzene rings is 1. The molecule has 0 amide bonds. The van der Waals surface area contributed by atoms with Crippen LogP contribution in [-0.4, -0.2) is 5.11 Å². The van der Waals surface area contributed by atoms with E-state index in [1.807, 2.05) is 39.8 Å². The Kier molecular flexibility index (Phi) is 2.86. The summed E-state index contributed by atoms with van der Waals surface area (Å²) in [5, 5.41) is 9.91. The van der Waals surface area contributed by atoms with Crippen molar-refractivity contribution < 1.29 is 5.11 Å². The van der Waals surface area contributed by atoms with Gasteiger partial charge in [0.2, 0.25) is 0 Å². The first-order chi connectivity index (χ1) is 6.38. The second-order valence-electron chi connectivity index (χ2n) is 4.25. The van der Waals surface area contributed by atoms with Crippen molar-refractivity contribution in [3.8, 4) is 5.75 Å². The van der Waals surface area contributed by atoms with Gasteiger partial charge in [-0.25, -0.2) is 0 Å². The predicted molar refractivity (Wildman–Crippen MR) is 59.4 cm³/mol. The molecule has 1 aromatic carbocycles. The predicted octanol–water partition coefficient (Wildman–Crippen LogP) is 2.59. The largest absolute Gasteiger partial charge is 0.507 e. The molecule has 2 nitrogen and oxygen atoms in total. The molecular formula is C12H19NO. The second-order valence-corrected chi connectivity index (χ2v) is 4.25. The van der Waals surface area contributed by atoms with Gasteiger partial charge in [-0.3, -0.25) is 0 Å². The molecule has 0 aromatic heterocycles. The molecule has 0 aliphatic carbocycles. The minimum absolute atomic E-state index is 0.336. The SMILES string of the molecule is CC[C@](C)(N)c1cc(C)cc(C)c1O. The first kappa shape index (κ1) is 11.1. The van der Waals surface area contributed by atoms with Gasteiger partial charge in [0.15, 0.2) is 0 Å². The van der Waals surface area contributed by atoms with Crippen LogP contribution in [0.4, 0.5) is 0 Å². The van der Waals surface area contributed by atoms with E-state index in [0.29, 0.717) is 5.75 Å². The maximum absolute atomic E-state index is 9.91. The van der Waals surface area contributed by atoms with Gasteiger partial charge in [0.25, 0.3) is 0 Å². The highest BCUT2D eigenvalue weighted by Crippen LogP contribution is 2.32. The molecule has 78 valence electrons. The Labute approximate surface area is 85.8 Å². The second kappa shape index (κ2) is 3.62. The van der Waals surface area contributed by atoms with Gasteiger partial charge >= 0.3 is 0 Å². The van der Waals surface area contributed by atoms with Gasteiger partial charge in [0.1, 0.15) is 5.75 Å². The van der Waals surface area contributed by atoms with Crippen LogP contribution in [0.25, 0.3) is 0 Å². The van der Waals surface area contributed by atoms with Crippen LogP contribution >= 0.6 is 0 Å². The van der Waals surface area contributed by atoms with Crippen LogP contribution in [-0.2, 0) is 5.54 Å². The lowest BCUT2D eigenvalue weighted by molar-refractivity contribution is 0.414. The zero-order valence-electron chi connectivity index (χ0n) is 9.39. The first-order valence-corrected chi connectivity index (χ1v) is 4.98. The van der Waals surface area contributed by atoms with Gasteiger partial charge in [0, 0.05) is 11.1 Å². The maximum Gasteiger partial charge on any atom is 0.123 e. The summed E-state index contributed by atoms with van der Waals surface area (Å²) in [4.78, 5) is 0. The van der Waals surface area contributed by atoms with Crippen LogP contribution in [0.15, 0.2) is 12.1 Å². The Morgan fingerprint density at radius 3 is 2.43 bits per heavy atom. The van der Waals surface area contributed by atoms with Crippen molar-refractivity contribution >= 4 is 0 Å². The van der Waals surface area contributed by atoms with Gasteiger partial charge < -0.3 is 10.8 Å². The molecule has 0 bridgehead atoms. The van der Waals surface area contributed by atoms with E-state index in [9.17, 15) is 5.11 Å². The van der Waals surface area contributed by atoms with Crippen LogP contribution in [0, 0.1) is 13.8 Å². The topological polar surface area (TPSA) is 46.2 Å². The lowest BCUT2D eigenvalue weighted by Gasteiger charge is -2.25. The minimum atomic E-state index is -0.444. The lowest BCUT2D eigenvalue weighted by Crippen LogP contribution is -2.32. The molecule has 2 heteroatoms. The highest BCUT2D eigenvalue weighted by Gasteiger charge is 2.23. The van der Waals surface area contributed by atoms with E-state index < -0.39 is 5.54 Å². The summed E-state index contributed by atoms with van der Waals surface area (Å²) >= 11 is 0. The molecule has 1 rings (SSSR count). The van der Waals surface area contributed by atoms with Gasteiger partial charge in [-0.15, -0.1) is 0 Å². The van der Waals surface area contributed by atoms with Crippen molar-refractivity contribution in [1.29, 1.82) is 0 Å². The molecule has 1 aromatic rings. The normalized spacial score (nSPS) is 15.2. The fourth-order valence-electron chi connectivity index (χ4n) is 1.59. The van der Waals surface area contributed by atoms with E-state index in [2.05, 4.69) is 0 Å². The van der Waals surface area contributed by atoms with Gasteiger partial charge in [-0.2, -0.15) is 0 Å². The van der Waals surface area contributed by atoms with Crippen molar-refractivity contribution in [1.82, 2.24) is 0 Å². The summed E-state index contributed by atoms with van der Waals surface area (Å²) in [5.41, 5.74) is 8.55. The van der Waals surface area contributed by atoms with Crippen LogP contribution in [0.3, 0.4) is 0 Å². The molecule has 0 spiro atoms. The van der Waals surface area contributed by atoms with Crippen LogP contribution in [0.1, 0.15) is 37.0 Å². The molecule has 1 atom stereocenters. The molecule has 0 saturated carbocycles. The van der Waals surface area contributed by atoms with Gasteiger partial charge in [0.05, 0.1) is 0 Å². The Hall–Kier alpha value is -1.02. The molecule has 0 radical (unpaired) electrons. The highest BCUT2D eigenvalue weighted by molar-refractivity contribution is 5.46. The number of phenols is 1. The zero-order chi connectivity index (χ0) is 10.9. The summed E-state index contributed by atoms with van der Waals surface area (Å²) < 4.78 is 0. The molecule has 0 fully saturated rings. The highest BCUT2D eigenvalue weighted by atomic mass is 16.3. The zero-order valence-corrected chi connectivity index (χ0v) is 9.39. The Morgan fingerprint density at radius 2 is 1.93 bits per heavy atom. The van der Waals surface area contributed by atoms with E-state index in [1.54, 1.807) is 0 Å². The number of phenolic OH excluding ortho intramolecular Hbond substituents is 1. The monoisotopic (exact) mass is 193 g/mol. The van der Waals surface area contributed by atoms with E-state index in [0.717, 1.165) is 23.1 Å². The summed E-state index contributed by atoms with van der Waals surface area (Å²) in [7, 11) is 0. The molecule has 0 aliphatic rings. The van der Waals surface area contributed by atoms with Crippen molar-refractivity contribution in [2.45, 2.75) is 39.7 Å². The van der Waals surface area contributed by atoms with Crippen molar-refractivity contribution in [2.24, 2.45) is 5.73 Å². The summed E-state index contributed by atoms with van der Waals surface area (Å²) in [6, 6.07) is 3.93. The van der Waals surface area contributed by atoms with E-state index in [1.165, 1.54) is 0 Å². The number of aromatic hydroxyl groups is 1. The lowest BCUT2D eigenvalue weighted by atomic mass is 9.87. The number of nitrogens with two attached hydrogens (primary N) is 1. The quantitative estimate of drug-likeness (QED) is 0.758. The molecule has 14 heavy (non-hydrogen) atoms. The van der Waals surface area contributed by atoms with Crippen LogP contribution < -0.4 is 5.73 Å². The molecule has 3 N–H and O–H groups in total. The van der Waals surface area contributed by atoms with Crippen LogP contribution in [0.5, 0.6) is 5.75 Å². The third-order valence-corrected chi connectivity index (χ3v) is 2.79. The smallest absolute Gasteiger partial charge is 0.123 e. The number of aryl methyl sites for hydroxylation is 2. The molecule has 0 unspecified atom stereocenters. The number of rotatable bonds is 2. The van der Waals surface area contributed by atoms with Crippen molar-refractivity contribution in [3.05, 3.63) is 28.8 Å². The maximum atomic E-state index is 9.91. The third kappa shape index (κ3) is 1.90. The first-order valence-electron chi connectivity index (χ1n) is 4.98. The van der Waals surface area contributed by atoms with Crippen molar-refractivity contribution in [2.75, 3.05) is 0 Å². The van der Waals surface area contributed by atoms with Crippen molar-refractivity contribution in [3.63, 3.8) is 0 Å². The fraction of sp³-hybridized carbons (Fsp3) is 0.500. The van der Waals surface area contributed by atoms with E-state index >= 15 is 0 Å². The number of hydrogen-bond donors (Lipinski definition) is 2. The van der Waals surface area contributed by atoms with Gasteiger partial charge in [-0.1, -0.05) is 24.6 Å². The summed E-state index contributed by atoms with van der Waals surface area (Å²) in [6.45, 7) is 7.89. The average Bonchev–Trinajstić information content (AvgIpc) is 2.11. The molecular weight excluding hydrogens is 174 g/mol. The van der Waals surface area contributed by atoms with Crippen LogP contribution in [0.2, 0.25) is 0 Å². The Morgan fingerprint density at radius 1 is 1.36 bits per heavy atom. The summed E-state index contributed by atoms with van der Waals surface area (Å²) in [5.74, 6) is 0.336. The van der Waals surface area contributed by atoms with Gasteiger partial charge in [-0.05, 0) is 32.8 Å². The Balaban J connectivity index is 3.34. The molecule has 0 saturated heterocycles. The standard InChI is InChI=1S/C12H19NO/c1-5-12(4,13)10-7-8(2)6-9(3)11(10)14/h6-7,14H,5,13H2,1-4H3/t12-/m0/s1. The third-order valence-electron chi connectivity index (χ3n) is 2.79. The fourth-order valence-corrected chi connectivity index (χ4v) is 1.59. The molecule has 0 aliphatic heterocycles.